The van der Waals surface area contributed by atoms with Gasteiger partial charge in [0.25, 0.3) is 0 Å². The Labute approximate surface area is 141 Å². The summed E-state index contributed by atoms with van der Waals surface area (Å²) in [6.45, 7) is 2.99. The molecule has 1 saturated heterocycles. The summed E-state index contributed by atoms with van der Waals surface area (Å²) < 4.78 is 5.14. The Morgan fingerprint density at radius 3 is 2.83 bits per heavy atom. The molecule has 2 heterocycles. The number of rotatable bonds is 6. The topological polar surface area (TPSA) is 45.1 Å². The molecule has 1 aliphatic heterocycles. The highest BCUT2D eigenvalue weighted by atomic mass is 32.1. The highest BCUT2D eigenvalue weighted by Crippen LogP contribution is 2.30. The average Bonchev–Trinajstić information content (AvgIpc) is 3.27. The van der Waals surface area contributed by atoms with E-state index in [2.05, 4.69) is 27.4 Å². The third-order valence-electron chi connectivity index (χ3n) is 4.21. The highest BCUT2D eigenvalue weighted by molar-refractivity contribution is 7.10. The lowest BCUT2D eigenvalue weighted by atomic mass is 10.2. The molecule has 0 spiro atoms. The molecule has 122 valence electrons. The maximum atomic E-state index is 10.1. The van der Waals surface area contributed by atoms with E-state index in [9.17, 15) is 5.11 Å². The number of para-hydroxylation sites is 1. The van der Waals surface area contributed by atoms with Gasteiger partial charge in [-0.2, -0.15) is 0 Å². The molecule has 1 aromatic heterocycles. The van der Waals surface area contributed by atoms with Crippen LogP contribution in [0.3, 0.4) is 0 Å². The van der Waals surface area contributed by atoms with Crippen molar-refractivity contribution in [1.82, 2.24) is 4.90 Å². The molecule has 0 bridgehead atoms. The van der Waals surface area contributed by atoms with E-state index in [0.29, 0.717) is 23.9 Å². The van der Waals surface area contributed by atoms with Crippen LogP contribution in [-0.2, 0) is 0 Å². The number of benzene rings is 1. The van der Waals surface area contributed by atoms with Crippen molar-refractivity contribution in [3.05, 3.63) is 46.2 Å². The molecule has 1 fully saturated rings. The molecule has 2 aromatic rings. The number of nitrogens with zero attached hydrogens (tertiary/aromatic N) is 2. The smallest absolute Gasteiger partial charge is 0.166 e. The Balaban J connectivity index is 1.74. The van der Waals surface area contributed by atoms with Gasteiger partial charge in [0.05, 0.1) is 19.7 Å². The zero-order valence-corrected chi connectivity index (χ0v) is 14.1. The molecule has 0 radical (unpaired) electrons. The van der Waals surface area contributed by atoms with Crippen LogP contribution in [0.1, 0.15) is 29.3 Å². The van der Waals surface area contributed by atoms with Crippen LogP contribution in [0.15, 0.2) is 40.7 Å². The van der Waals surface area contributed by atoms with Gasteiger partial charge in [-0.1, -0.05) is 12.1 Å². The Bertz CT molecular complexity index is 649. The molecule has 23 heavy (non-hydrogen) atoms. The summed E-state index contributed by atoms with van der Waals surface area (Å²) in [6.07, 6.45) is 4.28. The van der Waals surface area contributed by atoms with Crippen LogP contribution in [0, 0.1) is 0 Å². The lowest BCUT2D eigenvalue weighted by Gasteiger charge is -2.25. The van der Waals surface area contributed by atoms with E-state index in [1.54, 1.807) is 30.7 Å². The SMILES string of the molecule is COc1cccc(C=NC[C@@H](c2cccs2)N2CCCC2)c1O. The second kappa shape index (κ2) is 7.62. The summed E-state index contributed by atoms with van der Waals surface area (Å²) in [5.41, 5.74) is 0.690. The molecule has 5 heteroatoms. The minimum Gasteiger partial charge on any atom is -0.504 e. The molecule has 1 aromatic carbocycles. The van der Waals surface area contributed by atoms with E-state index >= 15 is 0 Å². The number of hydrogen-bond donors (Lipinski definition) is 1. The molecule has 0 aliphatic carbocycles. The molecule has 1 N–H and O–H groups in total. The lowest BCUT2D eigenvalue weighted by Crippen LogP contribution is -2.27. The fourth-order valence-electron chi connectivity index (χ4n) is 2.98. The first-order chi connectivity index (χ1) is 11.3. The second-order valence-corrected chi connectivity index (χ2v) is 6.65. The van der Waals surface area contributed by atoms with Crippen molar-refractivity contribution in [3.8, 4) is 11.5 Å². The summed E-state index contributed by atoms with van der Waals surface area (Å²) in [4.78, 5) is 8.47. The third-order valence-corrected chi connectivity index (χ3v) is 5.19. The summed E-state index contributed by atoms with van der Waals surface area (Å²) in [6, 6.07) is 10.1. The number of ether oxygens (including phenoxy) is 1. The fraction of sp³-hybridized carbons (Fsp3) is 0.389. The number of aromatic hydroxyl groups is 1. The van der Waals surface area contributed by atoms with E-state index in [1.807, 2.05) is 12.1 Å². The van der Waals surface area contributed by atoms with Crippen molar-refractivity contribution < 1.29 is 9.84 Å². The van der Waals surface area contributed by atoms with Gasteiger partial charge in [0.1, 0.15) is 0 Å². The summed E-state index contributed by atoms with van der Waals surface area (Å²) in [5.74, 6) is 0.621. The number of phenolic OH excluding ortho intramolecular Hbond substituents is 1. The molecule has 1 atom stereocenters. The molecular formula is C18H22N2O2S. The first kappa shape index (κ1) is 16.0. The van der Waals surface area contributed by atoms with E-state index in [1.165, 1.54) is 17.7 Å². The number of phenols is 1. The molecular weight excluding hydrogens is 308 g/mol. The van der Waals surface area contributed by atoms with Crippen molar-refractivity contribution in [3.63, 3.8) is 0 Å². The van der Waals surface area contributed by atoms with Gasteiger partial charge in [-0.15, -0.1) is 11.3 Å². The zero-order valence-electron chi connectivity index (χ0n) is 13.3. The van der Waals surface area contributed by atoms with Crippen LogP contribution in [-0.4, -0.2) is 43.0 Å². The van der Waals surface area contributed by atoms with E-state index in [0.717, 1.165) is 13.1 Å². The van der Waals surface area contributed by atoms with Crippen molar-refractivity contribution >= 4 is 17.6 Å². The van der Waals surface area contributed by atoms with Gasteiger partial charge in [-0.3, -0.25) is 9.89 Å². The number of thiophene rings is 1. The minimum atomic E-state index is 0.146. The van der Waals surface area contributed by atoms with Gasteiger partial charge in [0, 0.05) is 16.7 Å². The fourth-order valence-corrected chi connectivity index (χ4v) is 3.83. The maximum Gasteiger partial charge on any atom is 0.166 e. The van der Waals surface area contributed by atoms with Crippen LogP contribution in [0.5, 0.6) is 11.5 Å². The minimum absolute atomic E-state index is 0.146. The second-order valence-electron chi connectivity index (χ2n) is 5.67. The molecule has 4 nitrogen and oxygen atoms in total. The van der Waals surface area contributed by atoms with E-state index in [-0.39, 0.29) is 5.75 Å². The lowest BCUT2D eigenvalue weighted by molar-refractivity contribution is 0.255. The van der Waals surface area contributed by atoms with Crippen LogP contribution in [0.25, 0.3) is 0 Å². The van der Waals surface area contributed by atoms with Gasteiger partial charge >= 0.3 is 0 Å². The quantitative estimate of drug-likeness (QED) is 0.821. The highest BCUT2D eigenvalue weighted by Gasteiger charge is 2.23. The van der Waals surface area contributed by atoms with Crippen molar-refractivity contribution in [2.75, 3.05) is 26.7 Å². The standard InChI is InChI=1S/C18H22N2O2S/c1-22-16-7-4-6-14(18(16)21)12-19-13-15(17-8-5-11-23-17)20-9-2-3-10-20/h4-8,11-12,15,21H,2-3,9-10,13H2,1H3/t15-/m0/s1. The van der Waals surface area contributed by atoms with Crippen LogP contribution < -0.4 is 4.74 Å². The number of hydrogen-bond acceptors (Lipinski definition) is 5. The van der Waals surface area contributed by atoms with Crippen LogP contribution in [0.2, 0.25) is 0 Å². The molecule has 0 saturated carbocycles. The first-order valence-corrected chi connectivity index (χ1v) is 8.81. The Hall–Kier alpha value is -1.85. The van der Waals surface area contributed by atoms with Gasteiger partial charge in [0.15, 0.2) is 11.5 Å². The zero-order chi connectivity index (χ0) is 16.1. The number of aliphatic imine (C=N–C) groups is 1. The Kier molecular flexibility index (Phi) is 5.31. The van der Waals surface area contributed by atoms with Gasteiger partial charge in [0.2, 0.25) is 0 Å². The van der Waals surface area contributed by atoms with Crippen LogP contribution in [0.4, 0.5) is 0 Å². The van der Waals surface area contributed by atoms with Crippen molar-refractivity contribution in [1.29, 1.82) is 0 Å². The molecule has 3 rings (SSSR count). The molecule has 0 unspecified atom stereocenters. The average molecular weight is 330 g/mol. The van der Waals surface area contributed by atoms with Crippen LogP contribution >= 0.6 is 11.3 Å². The summed E-state index contributed by atoms with van der Waals surface area (Å²) >= 11 is 1.79. The maximum absolute atomic E-state index is 10.1. The van der Waals surface area contributed by atoms with Gasteiger partial charge < -0.3 is 9.84 Å². The first-order valence-electron chi connectivity index (χ1n) is 7.93. The Morgan fingerprint density at radius 1 is 1.30 bits per heavy atom. The summed E-state index contributed by atoms with van der Waals surface area (Å²) in [5, 5.41) is 12.2. The number of methoxy groups -OCH3 is 1. The normalized spacial score (nSPS) is 16.9. The number of likely N-dealkylation sites (tertiary alicyclic amines) is 1. The van der Waals surface area contributed by atoms with E-state index in [4.69, 9.17) is 4.74 Å². The summed E-state index contributed by atoms with van der Waals surface area (Å²) in [7, 11) is 1.55. The van der Waals surface area contributed by atoms with Crippen molar-refractivity contribution in [2.24, 2.45) is 4.99 Å². The molecule has 0 amide bonds. The van der Waals surface area contributed by atoms with Crippen molar-refractivity contribution in [2.45, 2.75) is 18.9 Å². The van der Waals surface area contributed by atoms with Gasteiger partial charge in [-0.05, 0) is 49.5 Å². The predicted octanol–water partition coefficient (Wildman–Crippen LogP) is 3.72. The monoisotopic (exact) mass is 330 g/mol. The predicted molar refractivity (Wildman–Crippen MR) is 95.0 cm³/mol. The third kappa shape index (κ3) is 3.74. The largest absolute Gasteiger partial charge is 0.504 e. The Morgan fingerprint density at radius 2 is 2.13 bits per heavy atom. The van der Waals surface area contributed by atoms with Gasteiger partial charge in [-0.25, -0.2) is 0 Å². The van der Waals surface area contributed by atoms with E-state index < -0.39 is 0 Å². The molecule has 1 aliphatic rings.